The molecule has 3 nitrogen and oxygen atoms in total. The average molecular weight is 183 g/mol. The lowest BCUT2D eigenvalue weighted by molar-refractivity contribution is 0.0697. The van der Waals surface area contributed by atoms with Crippen LogP contribution in [0.25, 0.3) is 6.08 Å². The largest absolute Gasteiger partial charge is 0.478 e. The quantitative estimate of drug-likeness (QED) is 0.744. The molecular formula is C8H9NO2S. The molecule has 0 aliphatic heterocycles. The van der Waals surface area contributed by atoms with E-state index in [0.29, 0.717) is 12.1 Å². The molecular weight excluding hydrogens is 174 g/mol. The number of carbonyl (C=O) groups is 1. The van der Waals surface area contributed by atoms with Gasteiger partial charge in [0.15, 0.2) is 0 Å². The Balaban J connectivity index is 2.77. The summed E-state index contributed by atoms with van der Waals surface area (Å²) in [6.07, 6.45) is 3.61. The molecule has 0 amide bonds. The van der Waals surface area contributed by atoms with E-state index in [2.05, 4.69) is 0 Å². The van der Waals surface area contributed by atoms with E-state index in [1.165, 1.54) is 11.3 Å². The van der Waals surface area contributed by atoms with Crippen molar-refractivity contribution in [1.82, 2.24) is 0 Å². The Kier molecular flexibility index (Phi) is 3.01. The van der Waals surface area contributed by atoms with Crippen molar-refractivity contribution < 1.29 is 9.90 Å². The van der Waals surface area contributed by atoms with Gasteiger partial charge in [0, 0.05) is 16.8 Å². The summed E-state index contributed by atoms with van der Waals surface area (Å²) >= 11 is 1.39. The van der Waals surface area contributed by atoms with Crippen LogP contribution in [0.1, 0.15) is 15.2 Å². The Bertz CT molecular complexity index is 304. The SMILES string of the molecule is NCC=Cc1cc(C(=O)O)cs1. The molecule has 3 N–H and O–H groups in total. The van der Waals surface area contributed by atoms with Crippen LogP contribution in [-0.2, 0) is 0 Å². The van der Waals surface area contributed by atoms with Gasteiger partial charge in [0.25, 0.3) is 0 Å². The first-order valence-electron chi connectivity index (χ1n) is 3.42. The Morgan fingerprint density at radius 2 is 2.50 bits per heavy atom. The average Bonchev–Trinajstić information content (AvgIpc) is 2.48. The minimum absolute atomic E-state index is 0.330. The molecule has 0 aliphatic rings. The van der Waals surface area contributed by atoms with Crippen LogP contribution >= 0.6 is 11.3 Å². The standard InChI is InChI=1S/C8H9NO2S/c9-3-1-2-7-4-6(5-12-7)8(10)11/h1-2,4-5H,3,9H2,(H,10,11). The van der Waals surface area contributed by atoms with Crippen LogP contribution in [0, 0.1) is 0 Å². The van der Waals surface area contributed by atoms with Gasteiger partial charge in [0.05, 0.1) is 5.56 Å². The lowest BCUT2D eigenvalue weighted by Gasteiger charge is -1.82. The fourth-order valence-corrected chi connectivity index (χ4v) is 1.54. The summed E-state index contributed by atoms with van der Waals surface area (Å²) in [5, 5.41) is 10.2. The number of hydrogen-bond donors (Lipinski definition) is 2. The summed E-state index contributed by atoms with van der Waals surface area (Å²) in [4.78, 5) is 11.4. The Labute approximate surface area is 74.1 Å². The van der Waals surface area contributed by atoms with E-state index in [1.54, 1.807) is 17.5 Å². The van der Waals surface area contributed by atoms with Gasteiger partial charge in [-0.2, -0.15) is 0 Å². The summed E-state index contributed by atoms with van der Waals surface area (Å²) in [6, 6.07) is 1.62. The van der Waals surface area contributed by atoms with Crippen LogP contribution in [0.3, 0.4) is 0 Å². The van der Waals surface area contributed by atoms with Gasteiger partial charge < -0.3 is 10.8 Å². The van der Waals surface area contributed by atoms with Crippen molar-refractivity contribution in [3.05, 3.63) is 28.0 Å². The zero-order chi connectivity index (χ0) is 8.97. The monoisotopic (exact) mass is 183 g/mol. The van der Waals surface area contributed by atoms with Crippen molar-refractivity contribution >= 4 is 23.4 Å². The van der Waals surface area contributed by atoms with Crippen LogP contribution < -0.4 is 5.73 Å². The number of carboxylic acid groups (broad SMARTS) is 1. The highest BCUT2D eigenvalue weighted by Gasteiger charge is 2.03. The second kappa shape index (κ2) is 4.04. The number of hydrogen-bond acceptors (Lipinski definition) is 3. The number of thiophene rings is 1. The molecule has 0 spiro atoms. The first kappa shape index (κ1) is 8.96. The molecule has 0 saturated carbocycles. The zero-order valence-corrected chi connectivity index (χ0v) is 7.17. The highest BCUT2D eigenvalue weighted by atomic mass is 32.1. The molecule has 0 radical (unpaired) electrons. The topological polar surface area (TPSA) is 63.3 Å². The molecule has 0 unspecified atom stereocenters. The summed E-state index contributed by atoms with van der Waals surface area (Å²) in [5.41, 5.74) is 5.57. The molecule has 0 saturated heterocycles. The third-order valence-electron chi connectivity index (χ3n) is 1.28. The third kappa shape index (κ3) is 2.18. The second-order valence-electron chi connectivity index (χ2n) is 2.18. The summed E-state index contributed by atoms with van der Waals surface area (Å²) in [6.45, 7) is 0.473. The fourth-order valence-electron chi connectivity index (χ4n) is 0.737. The van der Waals surface area contributed by atoms with E-state index in [1.807, 2.05) is 6.08 Å². The number of carboxylic acids is 1. The number of rotatable bonds is 3. The van der Waals surface area contributed by atoms with Crippen molar-refractivity contribution in [3.8, 4) is 0 Å². The second-order valence-corrected chi connectivity index (χ2v) is 3.12. The normalized spacial score (nSPS) is 10.8. The molecule has 0 aliphatic carbocycles. The maximum Gasteiger partial charge on any atom is 0.336 e. The lowest BCUT2D eigenvalue weighted by atomic mass is 10.3. The maximum absolute atomic E-state index is 10.4. The van der Waals surface area contributed by atoms with Crippen molar-refractivity contribution in [3.63, 3.8) is 0 Å². The van der Waals surface area contributed by atoms with E-state index >= 15 is 0 Å². The van der Waals surface area contributed by atoms with Gasteiger partial charge in [-0.3, -0.25) is 0 Å². The van der Waals surface area contributed by atoms with Gasteiger partial charge >= 0.3 is 5.97 Å². The summed E-state index contributed by atoms with van der Waals surface area (Å²) in [7, 11) is 0. The van der Waals surface area contributed by atoms with Crippen LogP contribution in [0.2, 0.25) is 0 Å². The highest BCUT2D eigenvalue weighted by molar-refractivity contribution is 7.11. The van der Waals surface area contributed by atoms with Gasteiger partial charge in [0.2, 0.25) is 0 Å². The van der Waals surface area contributed by atoms with Gasteiger partial charge in [-0.1, -0.05) is 6.08 Å². The van der Waals surface area contributed by atoms with Gasteiger partial charge in [-0.15, -0.1) is 11.3 Å². The molecule has 4 heteroatoms. The predicted molar refractivity (Wildman–Crippen MR) is 49.4 cm³/mol. The first-order valence-corrected chi connectivity index (χ1v) is 4.30. The van der Waals surface area contributed by atoms with Crippen molar-refractivity contribution in [1.29, 1.82) is 0 Å². The smallest absolute Gasteiger partial charge is 0.336 e. The Morgan fingerprint density at radius 3 is 3.00 bits per heavy atom. The molecule has 1 aromatic rings. The van der Waals surface area contributed by atoms with E-state index < -0.39 is 5.97 Å². The zero-order valence-electron chi connectivity index (χ0n) is 6.36. The van der Waals surface area contributed by atoms with Gasteiger partial charge in [-0.05, 0) is 12.1 Å². The molecule has 1 rings (SSSR count). The van der Waals surface area contributed by atoms with Crippen LogP contribution in [0.4, 0.5) is 0 Å². The van der Waals surface area contributed by atoms with Crippen molar-refractivity contribution in [2.24, 2.45) is 5.73 Å². The molecule has 0 fully saturated rings. The highest BCUT2D eigenvalue weighted by Crippen LogP contribution is 2.15. The van der Waals surface area contributed by atoms with Crippen LogP contribution in [-0.4, -0.2) is 17.6 Å². The molecule has 0 bridgehead atoms. The molecule has 0 aromatic carbocycles. The number of nitrogens with two attached hydrogens (primary N) is 1. The summed E-state index contributed by atoms with van der Waals surface area (Å²) in [5.74, 6) is -0.890. The Hall–Kier alpha value is -1.13. The van der Waals surface area contributed by atoms with E-state index in [0.717, 1.165) is 4.88 Å². The lowest BCUT2D eigenvalue weighted by Crippen LogP contribution is -1.92. The van der Waals surface area contributed by atoms with Crippen molar-refractivity contribution in [2.45, 2.75) is 0 Å². The van der Waals surface area contributed by atoms with Crippen molar-refractivity contribution in [2.75, 3.05) is 6.54 Å². The van der Waals surface area contributed by atoms with Crippen LogP contribution in [0.15, 0.2) is 17.5 Å². The first-order chi connectivity index (χ1) is 5.74. The third-order valence-corrected chi connectivity index (χ3v) is 2.18. The molecule has 64 valence electrons. The molecule has 1 heterocycles. The molecule has 1 aromatic heterocycles. The van der Waals surface area contributed by atoms with Gasteiger partial charge in [-0.25, -0.2) is 4.79 Å². The summed E-state index contributed by atoms with van der Waals surface area (Å²) < 4.78 is 0. The van der Waals surface area contributed by atoms with Crippen LogP contribution in [0.5, 0.6) is 0 Å². The maximum atomic E-state index is 10.4. The number of aromatic carboxylic acids is 1. The van der Waals surface area contributed by atoms with E-state index in [4.69, 9.17) is 10.8 Å². The Morgan fingerprint density at radius 1 is 1.75 bits per heavy atom. The van der Waals surface area contributed by atoms with E-state index in [9.17, 15) is 4.79 Å². The molecule has 12 heavy (non-hydrogen) atoms. The molecule has 0 atom stereocenters. The van der Waals surface area contributed by atoms with Gasteiger partial charge in [0.1, 0.15) is 0 Å². The minimum Gasteiger partial charge on any atom is -0.478 e. The minimum atomic E-state index is -0.890. The van der Waals surface area contributed by atoms with E-state index in [-0.39, 0.29) is 0 Å². The fraction of sp³-hybridized carbons (Fsp3) is 0.125. The predicted octanol–water partition coefficient (Wildman–Crippen LogP) is 1.42.